The first-order valence-electron chi connectivity index (χ1n) is 5.82. The molecule has 1 atom stereocenters. The van der Waals surface area contributed by atoms with E-state index in [1.807, 2.05) is 0 Å². The molecule has 19 heavy (non-hydrogen) atoms. The lowest BCUT2D eigenvalue weighted by molar-refractivity contribution is -0.142. The Balaban J connectivity index is 2.52. The highest BCUT2D eigenvalue weighted by Crippen LogP contribution is 2.06. The molecular formula is C12H18N2O4S. The van der Waals surface area contributed by atoms with Crippen LogP contribution in [0.4, 0.5) is 0 Å². The summed E-state index contributed by atoms with van der Waals surface area (Å²) in [5.41, 5.74) is 0. The van der Waals surface area contributed by atoms with Gasteiger partial charge in [0.25, 0.3) is 0 Å². The number of carbonyl (C=O) groups is 1. The van der Waals surface area contributed by atoms with Crippen LogP contribution in [0.15, 0.2) is 35.2 Å². The molecule has 7 heteroatoms. The molecule has 106 valence electrons. The molecule has 0 aliphatic rings. The quantitative estimate of drug-likeness (QED) is 0.756. The van der Waals surface area contributed by atoms with E-state index in [1.165, 1.54) is 12.1 Å². The molecule has 0 bridgehead atoms. The summed E-state index contributed by atoms with van der Waals surface area (Å²) >= 11 is 0. The van der Waals surface area contributed by atoms with Crippen molar-refractivity contribution in [3.63, 3.8) is 0 Å². The molecule has 2 N–H and O–H groups in total. The monoisotopic (exact) mass is 286 g/mol. The molecule has 0 fully saturated rings. The maximum Gasteiger partial charge on any atom is 0.320 e. The summed E-state index contributed by atoms with van der Waals surface area (Å²) in [4.78, 5) is 12.5. The molecule has 1 aromatic carbocycles. The van der Waals surface area contributed by atoms with E-state index < -0.39 is 22.0 Å². The van der Waals surface area contributed by atoms with Gasteiger partial charge in [-0.1, -0.05) is 18.2 Å². The fraction of sp³-hybridized carbons (Fsp3) is 0.417. The van der Waals surface area contributed by atoms with Crippen LogP contribution in [0.5, 0.6) is 0 Å². The summed E-state index contributed by atoms with van der Waals surface area (Å²) in [7, 11) is -1.89. The molecule has 0 aliphatic carbocycles. The predicted octanol–water partition coefficient (Wildman–Crippen LogP) is 0.370. The Labute approximate surface area is 113 Å². The fourth-order valence-electron chi connectivity index (χ4n) is 1.42. The zero-order chi connectivity index (χ0) is 14.5. The number of likely N-dealkylation sites (N-methyl/N-ethyl adjacent to an activating group) is 1. The summed E-state index contributed by atoms with van der Waals surface area (Å²) in [6.07, 6.45) is 0. The van der Waals surface area contributed by atoms with Crippen LogP contribution in [0, 0.1) is 0 Å². The third-order valence-corrected chi connectivity index (χ3v) is 4.31. The third-order valence-electron chi connectivity index (χ3n) is 2.83. The summed E-state index contributed by atoms with van der Waals surface area (Å²) in [6.45, 7) is 2.03. The zero-order valence-corrected chi connectivity index (χ0v) is 11.7. The highest BCUT2D eigenvalue weighted by atomic mass is 32.2. The van der Waals surface area contributed by atoms with E-state index in [2.05, 4.69) is 4.72 Å². The van der Waals surface area contributed by atoms with Crippen molar-refractivity contribution in [1.82, 2.24) is 9.62 Å². The summed E-state index contributed by atoms with van der Waals surface area (Å²) < 4.78 is 26.2. The lowest BCUT2D eigenvalue weighted by Crippen LogP contribution is -2.40. The van der Waals surface area contributed by atoms with Gasteiger partial charge in [-0.2, -0.15) is 0 Å². The first kappa shape index (κ1) is 15.6. The van der Waals surface area contributed by atoms with Gasteiger partial charge in [0.2, 0.25) is 10.0 Å². The fourth-order valence-corrected chi connectivity index (χ4v) is 2.46. The van der Waals surface area contributed by atoms with Crippen molar-refractivity contribution < 1.29 is 18.3 Å². The zero-order valence-electron chi connectivity index (χ0n) is 10.9. The number of rotatable bonds is 7. The Hall–Kier alpha value is -1.44. The Kier molecular flexibility index (Phi) is 5.46. The van der Waals surface area contributed by atoms with Crippen LogP contribution < -0.4 is 4.72 Å². The number of hydrogen-bond donors (Lipinski definition) is 2. The molecule has 0 radical (unpaired) electrons. The second kappa shape index (κ2) is 6.65. The minimum atomic E-state index is -3.53. The third kappa shape index (κ3) is 4.62. The topological polar surface area (TPSA) is 86.7 Å². The maximum absolute atomic E-state index is 11.9. The van der Waals surface area contributed by atoms with Crippen LogP contribution in [0.1, 0.15) is 6.92 Å². The number of hydrogen-bond acceptors (Lipinski definition) is 4. The standard InChI is InChI=1S/C12H18N2O4S/c1-10(12(15)16)14(2)9-8-13-19(17,18)11-6-4-3-5-7-11/h3-7,10,13H,8-9H2,1-2H3,(H,15,16). The molecule has 1 aromatic rings. The molecule has 0 heterocycles. The smallest absolute Gasteiger partial charge is 0.320 e. The molecule has 0 saturated carbocycles. The average Bonchev–Trinajstić information content (AvgIpc) is 2.38. The molecule has 6 nitrogen and oxygen atoms in total. The number of nitrogens with one attached hydrogen (secondary N) is 1. The van der Waals surface area contributed by atoms with Gasteiger partial charge >= 0.3 is 5.97 Å². The van der Waals surface area contributed by atoms with E-state index in [-0.39, 0.29) is 11.4 Å². The Bertz CT molecular complexity index is 516. The van der Waals surface area contributed by atoms with Gasteiger partial charge in [-0.3, -0.25) is 9.69 Å². The van der Waals surface area contributed by atoms with Crippen molar-refractivity contribution in [1.29, 1.82) is 0 Å². The van der Waals surface area contributed by atoms with Gasteiger partial charge < -0.3 is 5.11 Å². The van der Waals surface area contributed by atoms with Crippen molar-refractivity contribution >= 4 is 16.0 Å². The number of sulfonamides is 1. The number of benzene rings is 1. The molecular weight excluding hydrogens is 268 g/mol. The number of aliphatic carboxylic acids is 1. The van der Waals surface area contributed by atoms with E-state index in [4.69, 9.17) is 5.11 Å². The van der Waals surface area contributed by atoms with E-state index in [0.717, 1.165) is 0 Å². The van der Waals surface area contributed by atoms with Gasteiger partial charge in [0.1, 0.15) is 6.04 Å². The maximum atomic E-state index is 11.9. The van der Waals surface area contributed by atoms with E-state index in [0.29, 0.717) is 6.54 Å². The van der Waals surface area contributed by atoms with Crippen LogP contribution in [0.25, 0.3) is 0 Å². The van der Waals surface area contributed by atoms with Crippen LogP contribution in [-0.2, 0) is 14.8 Å². The van der Waals surface area contributed by atoms with Crippen LogP contribution >= 0.6 is 0 Å². The summed E-state index contributed by atoms with van der Waals surface area (Å²) in [6, 6.07) is 7.39. The Morgan fingerprint density at radius 3 is 2.47 bits per heavy atom. The first-order chi connectivity index (χ1) is 8.84. The lowest BCUT2D eigenvalue weighted by Gasteiger charge is -2.20. The van der Waals surface area contributed by atoms with Gasteiger partial charge in [-0.05, 0) is 26.1 Å². The van der Waals surface area contributed by atoms with Gasteiger partial charge in [0.15, 0.2) is 0 Å². The van der Waals surface area contributed by atoms with E-state index in [1.54, 1.807) is 37.1 Å². The van der Waals surface area contributed by atoms with E-state index in [9.17, 15) is 13.2 Å². The molecule has 0 amide bonds. The SMILES string of the molecule is CC(C(=O)O)N(C)CCNS(=O)(=O)c1ccccc1. The molecule has 0 saturated heterocycles. The van der Waals surface area contributed by atoms with Gasteiger partial charge in [-0.25, -0.2) is 13.1 Å². The van der Waals surface area contributed by atoms with Crippen molar-refractivity contribution in [2.24, 2.45) is 0 Å². The van der Waals surface area contributed by atoms with Crippen molar-refractivity contribution in [2.45, 2.75) is 17.9 Å². The highest BCUT2D eigenvalue weighted by Gasteiger charge is 2.17. The van der Waals surface area contributed by atoms with E-state index >= 15 is 0 Å². The molecule has 0 aliphatic heterocycles. The molecule has 0 aromatic heterocycles. The minimum Gasteiger partial charge on any atom is -0.480 e. The van der Waals surface area contributed by atoms with Gasteiger partial charge in [-0.15, -0.1) is 0 Å². The Morgan fingerprint density at radius 1 is 1.37 bits per heavy atom. The molecule has 0 spiro atoms. The van der Waals surface area contributed by atoms with Crippen LogP contribution in [0.2, 0.25) is 0 Å². The number of carboxylic acid groups (broad SMARTS) is 1. The molecule has 1 rings (SSSR count). The normalized spacial score (nSPS) is 13.4. The minimum absolute atomic E-state index is 0.158. The summed E-state index contributed by atoms with van der Waals surface area (Å²) in [5.74, 6) is -0.937. The Morgan fingerprint density at radius 2 is 1.95 bits per heavy atom. The number of nitrogens with zero attached hydrogens (tertiary/aromatic N) is 1. The van der Waals surface area contributed by atoms with Crippen molar-refractivity contribution in [2.75, 3.05) is 20.1 Å². The van der Waals surface area contributed by atoms with Crippen molar-refractivity contribution in [3.05, 3.63) is 30.3 Å². The van der Waals surface area contributed by atoms with Gasteiger partial charge in [0.05, 0.1) is 4.90 Å². The van der Waals surface area contributed by atoms with Crippen LogP contribution in [0.3, 0.4) is 0 Å². The predicted molar refractivity (Wildman–Crippen MR) is 71.4 cm³/mol. The molecule has 1 unspecified atom stereocenters. The second-order valence-corrected chi connectivity index (χ2v) is 5.97. The van der Waals surface area contributed by atoms with Crippen molar-refractivity contribution in [3.8, 4) is 0 Å². The largest absolute Gasteiger partial charge is 0.480 e. The first-order valence-corrected chi connectivity index (χ1v) is 7.30. The summed E-state index contributed by atoms with van der Waals surface area (Å²) in [5, 5.41) is 8.81. The lowest BCUT2D eigenvalue weighted by atomic mass is 10.3. The number of carboxylic acids is 1. The van der Waals surface area contributed by atoms with Gasteiger partial charge in [0, 0.05) is 13.1 Å². The highest BCUT2D eigenvalue weighted by molar-refractivity contribution is 7.89. The average molecular weight is 286 g/mol. The second-order valence-electron chi connectivity index (χ2n) is 4.21. The van der Waals surface area contributed by atoms with Crippen LogP contribution in [-0.4, -0.2) is 50.6 Å².